The lowest BCUT2D eigenvalue weighted by Crippen LogP contribution is -2.10. The summed E-state index contributed by atoms with van der Waals surface area (Å²) in [5, 5.41) is 18.8. The number of carboxylic acid groups (broad SMARTS) is 1. The Morgan fingerprint density at radius 1 is 0.950 bits per heavy atom. The third kappa shape index (κ3) is 2.40. The SMILES string of the molecule is Cc1cc(C(=O)c2ccccc2C(=O)O)cc(C)c1O. The summed E-state index contributed by atoms with van der Waals surface area (Å²) < 4.78 is 0. The van der Waals surface area contributed by atoms with Gasteiger partial charge in [-0.05, 0) is 43.2 Å². The molecule has 20 heavy (non-hydrogen) atoms. The highest BCUT2D eigenvalue weighted by molar-refractivity contribution is 6.14. The second kappa shape index (κ2) is 5.17. The van der Waals surface area contributed by atoms with Crippen LogP contribution in [0, 0.1) is 13.8 Å². The largest absolute Gasteiger partial charge is 0.507 e. The molecule has 0 aliphatic carbocycles. The van der Waals surface area contributed by atoms with E-state index in [2.05, 4.69) is 0 Å². The first kappa shape index (κ1) is 13.8. The van der Waals surface area contributed by atoms with Gasteiger partial charge in [0.05, 0.1) is 5.56 Å². The number of ketones is 1. The van der Waals surface area contributed by atoms with Crippen molar-refractivity contribution in [1.82, 2.24) is 0 Å². The molecule has 2 rings (SSSR count). The van der Waals surface area contributed by atoms with E-state index >= 15 is 0 Å². The Balaban J connectivity index is 2.55. The van der Waals surface area contributed by atoms with Crippen LogP contribution in [0.3, 0.4) is 0 Å². The molecule has 4 nitrogen and oxygen atoms in total. The molecule has 4 heteroatoms. The number of carbonyl (C=O) groups is 2. The molecular weight excluding hydrogens is 256 g/mol. The topological polar surface area (TPSA) is 74.6 Å². The van der Waals surface area contributed by atoms with E-state index in [1.54, 1.807) is 38.1 Å². The number of rotatable bonds is 3. The van der Waals surface area contributed by atoms with Crippen LogP contribution in [0.2, 0.25) is 0 Å². The highest BCUT2D eigenvalue weighted by Gasteiger charge is 2.18. The second-order valence-electron chi connectivity index (χ2n) is 4.64. The number of benzene rings is 2. The van der Waals surface area contributed by atoms with E-state index < -0.39 is 5.97 Å². The van der Waals surface area contributed by atoms with Crippen LogP contribution < -0.4 is 0 Å². The minimum absolute atomic E-state index is 0.0270. The summed E-state index contributed by atoms with van der Waals surface area (Å²) >= 11 is 0. The van der Waals surface area contributed by atoms with Crippen LogP contribution in [-0.4, -0.2) is 22.0 Å². The van der Waals surface area contributed by atoms with Crippen molar-refractivity contribution >= 4 is 11.8 Å². The molecule has 0 aliphatic heterocycles. The summed E-state index contributed by atoms with van der Waals surface area (Å²) in [6.07, 6.45) is 0. The number of carboxylic acids is 1. The molecule has 0 bridgehead atoms. The predicted octanol–water partition coefficient (Wildman–Crippen LogP) is 2.94. The summed E-state index contributed by atoms with van der Waals surface area (Å²) in [6, 6.07) is 9.21. The van der Waals surface area contributed by atoms with Crippen molar-refractivity contribution in [1.29, 1.82) is 0 Å². The van der Waals surface area contributed by atoms with Crippen LogP contribution in [0.4, 0.5) is 0 Å². The van der Waals surface area contributed by atoms with E-state index in [1.807, 2.05) is 0 Å². The van der Waals surface area contributed by atoms with Crippen LogP contribution in [0.25, 0.3) is 0 Å². The number of aromatic carboxylic acids is 1. The van der Waals surface area contributed by atoms with Crippen molar-refractivity contribution in [3.05, 3.63) is 64.2 Å². The van der Waals surface area contributed by atoms with E-state index in [0.717, 1.165) is 0 Å². The maximum atomic E-state index is 12.4. The zero-order valence-corrected chi connectivity index (χ0v) is 11.2. The van der Waals surface area contributed by atoms with Gasteiger partial charge in [-0.25, -0.2) is 4.79 Å². The van der Waals surface area contributed by atoms with E-state index in [9.17, 15) is 14.7 Å². The number of aryl methyl sites for hydroxylation is 2. The molecule has 0 radical (unpaired) electrons. The van der Waals surface area contributed by atoms with Gasteiger partial charge in [0.25, 0.3) is 0 Å². The van der Waals surface area contributed by atoms with Gasteiger partial charge in [-0.1, -0.05) is 18.2 Å². The van der Waals surface area contributed by atoms with E-state index in [0.29, 0.717) is 16.7 Å². The van der Waals surface area contributed by atoms with E-state index in [1.165, 1.54) is 12.1 Å². The first-order valence-electron chi connectivity index (χ1n) is 6.09. The summed E-state index contributed by atoms with van der Waals surface area (Å²) in [4.78, 5) is 23.6. The zero-order chi connectivity index (χ0) is 14.9. The minimum atomic E-state index is -1.14. The molecule has 102 valence electrons. The molecule has 0 heterocycles. The van der Waals surface area contributed by atoms with Gasteiger partial charge in [-0.2, -0.15) is 0 Å². The third-order valence-corrected chi connectivity index (χ3v) is 3.16. The van der Waals surface area contributed by atoms with Gasteiger partial charge in [0.15, 0.2) is 5.78 Å². The molecule has 0 fully saturated rings. The Labute approximate surface area is 116 Å². The standard InChI is InChI=1S/C16H14O4/c1-9-7-11(8-10(2)14(9)17)15(18)12-5-3-4-6-13(12)16(19)20/h3-8,17H,1-2H3,(H,19,20). The Kier molecular flexibility index (Phi) is 3.57. The molecule has 2 aromatic rings. The number of aromatic hydroxyl groups is 1. The lowest BCUT2D eigenvalue weighted by molar-refractivity contribution is 0.0693. The molecule has 2 N–H and O–H groups in total. The van der Waals surface area contributed by atoms with Crippen molar-refractivity contribution in [3.8, 4) is 5.75 Å². The molecule has 0 amide bonds. The first-order chi connectivity index (χ1) is 9.41. The Hall–Kier alpha value is -2.62. The van der Waals surface area contributed by atoms with Crippen molar-refractivity contribution in [2.24, 2.45) is 0 Å². The van der Waals surface area contributed by atoms with Gasteiger partial charge in [0.1, 0.15) is 5.75 Å². The normalized spacial score (nSPS) is 10.3. The monoisotopic (exact) mass is 270 g/mol. The van der Waals surface area contributed by atoms with Crippen molar-refractivity contribution in [2.45, 2.75) is 13.8 Å². The Morgan fingerprint density at radius 3 is 1.95 bits per heavy atom. The molecule has 0 saturated heterocycles. The van der Waals surface area contributed by atoms with Crippen molar-refractivity contribution < 1.29 is 19.8 Å². The summed E-state index contributed by atoms with van der Waals surface area (Å²) in [5.41, 5.74) is 1.65. The highest BCUT2D eigenvalue weighted by Crippen LogP contribution is 2.25. The molecule has 2 aromatic carbocycles. The number of phenols is 1. The molecule has 0 saturated carbocycles. The summed E-state index contributed by atoms with van der Waals surface area (Å²) in [5.74, 6) is -1.36. The number of phenolic OH excluding ortho intramolecular Hbond substituents is 1. The molecule has 0 spiro atoms. The van der Waals surface area contributed by atoms with Gasteiger partial charge in [-0.3, -0.25) is 4.79 Å². The van der Waals surface area contributed by atoms with Crippen LogP contribution in [0.1, 0.15) is 37.4 Å². The molecular formula is C16H14O4. The Bertz CT molecular complexity index is 678. The number of hydrogen-bond donors (Lipinski definition) is 2. The predicted molar refractivity (Wildman–Crippen MR) is 74.4 cm³/mol. The van der Waals surface area contributed by atoms with Crippen molar-refractivity contribution in [3.63, 3.8) is 0 Å². The highest BCUT2D eigenvalue weighted by atomic mass is 16.4. The van der Waals surface area contributed by atoms with Gasteiger partial charge < -0.3 is 10.2 Å². The average molecular weight is 270 g/mol. The molecule has 0 unspecified atom stereocenters. The van der Waals surface area contributed by atoms with Crippen molar-refractivity contribution in [2.75, 3.05) is 0 Å². The lowest BCUT2D eigenvalue weighted by Gasteiger charge is -2.09. The van der Waals surface area contributed by atoms with Gasteiger partial charge >= 0.3 is 5.97 Å². The maximum Gasteiger partial charge on any atom is 0.336 e. The fraction of sp³-hybridized carbons (Fsp3) is 0.125. The fourth-order valence-corrected chi connectivity index (χ4v) is 2.11. The molecule has 0 atom stereocenters. The fourth-order valence-electron chi connectivity index (χ4n) is 2.11. The minimum Gasteiger partial charge on any atom is -0.507 e. The maximum absolute atomic E-state index is 12.4. The first-order valence-corrected chi connectivity index (χ1v) is 6.09. The Morgan fingerprint density at radius 2 is 1.45 bits per heavy atom. The lowest BCUT2D eigenvalue weighted by atomic mass is 9.95. The van der Waals surface area contributed by atoms with Gasteiger partial charge in [-0.15, -0.1) is 0 Å². The smallest absolute Gasteiger partial charge is 0.336 e. The second-order valence-corrected chi connectivity index (χ2v) is 4.64. The van der Waals surface area contributed by atoms with Crippen LogP contribution in [0.15, 0.2) is 36.4 Å². The van der Waals surface area contributed by atoms with Crippen LogP contribution in [-0.2, 0) is 0 Å². The number of hydrogen-bond acceptors (Lipinski definition) is 3. The molecule has 0 aliphatic rings. The quantitative estimate of drug-likeness (QED) is 0.841. The van der Waals surface area contributed by atoms with E-state index in [-0.39, 0.29) is 22.7 Å². The zero-order valence-electron chi connectivity index (χ0n) is 11.2. The van der Waals surface area contributed by atoms with Crippen LogP contribution in [0.5, 0.6) is 5.75 Å². The van der Waals surface area contributed by atoms with E-state index in [4.69, 9.17) is 5.11 Å². The third-order valence-electron chi connectivity index (χ3n) is 3.16. The van der Waals surface area contributed by atoms with Gasteiger partial charge in [0, 0.05) is 11.1 Å². The summed E-state index contributed by atoms with van der Waals surface area (Å²) in [7, 11) is 0. The van der Waals surface area contributed by atoms with Crippen LogP contribution >= 0.6 is 0 Å². The average Bonchev–Trinajstić information content (AvgIpc) is 2.43. The molecule has 0 aromatic heterocycles. The van der Waals surface area contributed by atoms with Gasteiger partial charge in [0.2, 0.25) is 0 Å². The summed E-state index contributed by atoms with van der Waals surface area (Å²) in [6.45, 7) is 3.39. The number of carbonyl (C=O) groups excluding carboxylic acids is 1.